The highest BCUT2D eigenvalue weighted by molar-refractivity contribution is 7.89. The van der Waals surface area contributed by atoms with Gasteiger partial charge in [0.05, 0.1) is 11.5 Å². The van der Waals surface area contributed by atoms with Gasteiger partial charge < -0.3 is 4.74 Å². The number of nitrogens with zero attached hydrogens (tertiary/aromatic N) is 2. The Bertz CT molecular complexity index is 789. The minimum absolute atomic E-state index is 0.272. The molecule has 0 spiro atoms. The van der Waals surface area contributed by atoms with Crippen molar-refractivity contribution in [3.8, 4) is 0 Å². The number of piperidine rings is 3. The highest BCUT2D eigenvalue weighted by atomic mass is 35.5. The Hall–Kier alpha value is -0.700. The maximum atomic E-state index is 12.6. The van der Waals surface area contributed by atoms with Crippen LogP contribution in [0, 0.1) is 11.8 Å². The van der Waals surface area contributed by atoms with Crippen LogP contribution in [-0.4, -0.2) is 76.7 Å². The summed E-state index contributed by atoms with van der Waals surface area (Å²) in [7, 11) is -1.70. The van der Waals surface area contributed by atoms with Crippen molar-refractivity contribution in [2.75, 3.05) is 46.4 Å². The van der Waals surface area contributed by atoms with E-state index in [9.17, 15) is 8.42 Å². The van der Waals surface area contributed by atoms with Gasteiger partial charge in [0.1, 0.15) is 0 Å². The van der Waals surface area contributed by atoms with Crippen molar-refractivity contribution in [2.45, 2.75) is 42.7 Å². The summed E-state index contributed by atoms with van der Waals surface area (Å²) >= 11 is 5.87. The van der Waals surface area contributed by atoms with E-state index in [2.05, 4.69) is 14.5 Å². The Kier molecular flexibility index (Phi) is 6.83. The second kappa shape index (κ2) is 9.20. The maximum Gasteiger partial charge on any atom is 0.240 e. The molecule has 5 rings (SSSR count). The molecule has 162 valence electrons. The number of hydrogen-bond donors (Lipinski definition) is 1. The first-order valence-corrected chi connectivity index (χ1v) is 12.5. The van der Waals surface area contributed by atoms with Crippen molar-refractivity contribution < 1.29 is 13.2 Å². The molecule has 4 aliphatic heterocycles. The minimum Gasteiger partial charge on any atom is -0.383 e. The van der Waals surface area contributed by atoms with E-state index in [-0.39, 0.29) is 4.90 Å². The van der Waals surface area contributed by atoms with Crippen molar-refractivity contribution in [3.05, 3.63) is 29.3 Å². The van der Waals surface area contributed by atoms with Crippen molar-refractivity contribution in [1.82, 2.24) is 14.5 Å². The van der Waals surface area contributed by atoms with Crippen LogP contribution in [0.2, 0.25) is 5.02 Å². The van der Waals surface area contributed by atoms with Gasteiger partial charge >= 0.3 is 0 Å². The Morgan fingerprint density at radius 1 is 1.17 bits per heavy atom. The smallest absolute Gasteiger partial charge is 0.240 e. The zero-order valence-corrected chi connectivity index (χ0v) is 18.7. The summed E-state index contributed by atoms with van der Waals surface area (Å²) in [6.07, 6.45) is 4.82. The summed E-state index contributed by atoms with van der Waals surface area (Å²) in [5.41, 5.74) is 0. The Balaban J connectivity index is 1.32. The summed E-state index contributed by atoms with van der Waals surface area (Å²) in [6, 6.07) is 7.20. The average molecular weight is 442 g/mol. The van der Waals surface area contributed by atoms with E-state index in [1.165, 1.54) is 25.8 Å². The standard InChI is InChI=1S/C21H32ClN3O3S/c1-28-15-19-3-2-9-24(19)13-17-14-25-10-8-16(17)11-20(25)12-23-29(26,27)21-6-4-18(22)5-7-21/h4-7,16-17,19-20,23H,2-3,8-15H2,1H3/t16-,17-,19+,20+/m0/s1. The lowest BCUT2D eigenvalue weighted by molar-refractivity contribution is -0.0156. The van der Waals surface area contributed by atoms with E-state index in [0.717, 1.165) is 32.7 Å². The molecule has 8 heteroatoms. The number of rotatable bonds is 8. The van der Waals surface area contributed by atoms with Gasteiger partial charge in [0.15, 0.2) is 0 Å². The van der Waals surface area contributed by atoms with E-state index in [1.807, 2.05) is 0 Å². The van der Waals surface area contributed by atoms with Crippen LogP contribution in [0.3, 0.4) is 0 Å². The number of hydrogen-bond acceptors (Lipinski definition) is 5. The molecule has 0 aromatic heterocycles. The molecular formula is C21H32ClN3O3S. The van der Waals surface area contributed by atoms with Gasteiger partial charge in [-0.1, -0.05) is 11.6 Å². The predicted octanol–water partition coefficient (Wildman–Crippen LogP) is 2.44. The molecular weight excluding hydrogens is 410 g/mol. The van der Waals surface area contributed by atoms with Crippen LogP contribution in [0.5, 0.6) is 0 Å². The number of ether oxygens (including phenoxy) is 1. The monoisotopic (exact) mass is 441 g/mol. The molecule has 1 aromatic carbocycles. The Morgan fingerprint density at radius 3 is 2.66 bits per heavy atom. The van der Waals surface area contributed by atoms with Gasteiger partial charge in [0.25, 0.3) is 0 Å². The van der Waals surface area contributed by atoms with E-state index >= 15 is 0 Å². The van der Waals surface area contributed by atoms with Crippen molar-refractivity contribution in [2.24, 2.45) is 11.8 Å². The average Bonchev–Trinajstić information content (AvgIpc) is 3.15. The van der Waals surface area contributed by atoms with Crippen molar-refractivity contribution in [3.63, 3.8) is 0 Å². The lowest BCUT2D eigenvalue weighted by atomic mass is 9.75. The van der Waals surface area contributed by atoms with Crippen molar-refractivity contribution in [1.29, 1.82) is 0 Å². The fourth-order valence-electron chi connectivity index (χ4n) is 5.39. The Labute approximate surface area is 179 Å². The van der Waals surface area contributed by atoms with E-state index < -0.39 is 10.0 Å². The van der Waals surface area contributed by atoms with Crippen LogP contribution in [0.15, 0.2) is 29.2 Å². The molecule has 4 fully saturated rings. The summed E-state index contributed by atoms with van der Waals surface area (Å²) in [5.74, 6) is 1.37. The molecule has 4 heterocycles. The van der Waals surface area contributed by atoms with Crippen LogP contribution in [-0.2, 0) is 14.8 Å². The molecule has 0 aliphatic carbocycles. The van der Waals surface area contributed by atoms with Gasteiger partial charge in [0, 0.05) is 43.9 Å². The molecule has 0 radical (unpaired) electrons. The molecule has 5 atom stereocenters. The molecule has 1 aromatic rings. The maximum absolute atomic E-state index is 12.6. The highest BCUT2D eigenvalue weighted by Crippen LogP contribution is 2.37. The zero-order chi connectivity index (χ0) is 20.4. The first-order chi connectivity index (χ1) is 14.0. The number of likely N-dealkylation sites (tertiary alicyclic amines) is 1. The van der Waals surface area contributed by atoms with Gasteiger partial charge in [-0.05, 0) is 74.9 Å². The molecule has 29 heavy (non-hydrogen) atoms. The third-order valence-corrected chi connectivity index (χ3v) is 8.67. The first kappa shape index (κ1) is 21.5. The molecule has 4 aliphatic rings. The Morgan fingerprint density at radius 2 is 1.97 bits per heavy atom. The fraction of sp³-hybridized carbons (Fsp3) is 0.714. The van der Waals surface area contributed by atoms with Gasteiger partial charge in [-0.15, -0.1) is 0 Å². The highest BCUT2D eigenvalue weighted by Gasteiger charge is 2.41. The number of methoxy groups -OCH3 is 1. The zero-order valence-electron chi connectivity index (χ0n) is 17.1. The lowest BCUT2D eigenvalue weighted by Gasteiger charge is -2.51. The normalized spacial score (nSPS) is 32.7. The number of sulfonamides is 1. The van der Waals surface area contributed by atoms with Gasteiger partial charge in [-0.25, -0.2) is 13.1 Å². The molecule has 4 saturated heterocycles. The number of halogens is 1. The SMILES string of the molecule is COC[C@H]1CCCN1C[C@H]1CN2CC[C@H]1C[C@@H]2CNS(=O)(=O)c1ccc(Cl)cc1. The van der Waals surface area contributed by atoms with Crippen LogP contribution in [0.25, 0.3) is 0 Å². The summed E-state index contributed by atoms with van der Waals surface area (Å²) in [5, 5.41) is 0.538. The van der Waals surface area contributed by atoms with Crippen LogP contribution in [0.1, 0.15) is 25.7 Å². The molecule has 1 N–H and O–H groups in total. The summed E-state index contributed by atoms with van der Waals surface area (Å²) in [4.78, 5) is 5.39. The number of fused-ring (bicyclic) bond motifs is 3. The molecule has 0 amide bonds. The second-order valence-corrected chi connectivity index (χ2v) is 10.9. The largest absolute Gasteiger partial charge is 0.383 e. The summed E-state index contributed by atoms with van der Waals surface area (Å²) < 4.78 is 33.4. The van der Waals surface area contributed by atoms with Gasteiger partial charge in [0.2, 0.25) is 10.0 Å². The van der Waals surface area contributed by atoms with Gasteiger partial charge in [-0.3, -0.25) is 9.80 Å². The topological polar surface area (TPSA) is 61.9 Å². The molecule has 6 nitrogen and oxygen atoms in total. The fourth-order valence-corrected chi connectivity index (χ4v) is 6.59. The lowest BCUT2D eigenvalue weighted by Crippen LogP contribution is -2.58. The molecule has 0 saturated carbocycles. The molecule has 1 unspecified atom stereocenters. The van der Waals surface area contributed by atoms with Crippen LogP contribution >= 0.6 is 11.6 Å². The van der Waals surface area contributed by atoms with Crippen molar-refractivity contribution >= 4 is 21.6 Å². The number of nitrogens with one attached hydrogen (secondary N) is 1. The predicted molar refractivity (Wildman–Crippen MR) is 115 cm³/mol. The second-order valence-electron chi connectivity index (χ2n) is 8.75. The van der Waals surface area contributed by atoms with E-state index in [1.54, 1.807) is 31.4 Å². The third kappa shape index (κ3) is 4.97. The van der Waals surface area contributed by atoms with Gasteiger partial charge in [-0.2, -0.15) is 0 Å². The van der Waals surface area contributed by atoms with Crippen LogP contribution < -0.4 is 4.72 Å². The minimum atomic E-state index is -3.50. The molecule has 2 bridgehead atoms. The summed E-state index contributed by atoms with van der Waals surface area (Å²) in [6.45, 7) is 5.80. The third-order valence-electron chi connectivity index (χ3n) is 6.97. The van der Waals surface area contributed by atoms with E-state index in [0.29, 0.717) is 35.5 Å². The van der Waals surface area contributed by atoms with Crippen LogP contribution in [0.4, 0.5) is 0 Å². The first-order valence-electron chi connectivity index (χ1n) is 10.7. The van der Waals surface area contributed by atoms with E-state index in [4.69, 9.17) is 16.3 Å². The quantitative estimate of drug-likeness (QED) is 0.671. The number of benzene rings is 1.